The summed E-state index contributed by atoms with van der Waals surface area (Å²) in [5.74, 6) is 1.11. The summed E-state index contributed by atoms with van der Waals surface area (Å²) in [6.07, 6.45) is 6.79. The van der Waals surface area contributed by atoms with E-state index in [0.29, 0.717) is 24.6 Å². The van der Waals surface area contributed by atoms with Crippen LogP contribution in [0, 0.1) is 0 Å². The molecule has 9 heteroatoms. The Morgan fingerprint density at radius 1 is 1.24 bits per heavy atom. The summed E-state index contributed by atoms with van der Waals surface area (Å²) in [5.41, 5.74) is 1.83. The molecular weight excluding hydrogens is 388 g/mol. The lowest BCUT2D eigenvalue weighted by Crippen LogP contribution is -2.25. The third kappa shape index (κ3) is 3.42. The van der Waals surface area contributed by atoms with Crippen LogP contribution in [0.15, 0.2) is 29.2 Å². The molecule has 0 atom stereocenters. The van der Waals surface area contributed by atoms with Crippen molar-refractivity contribution in [2.45, 2.75) is 45.1 Å². The smallest absolute Gasteiger partial charge is 0.259 e. The predicted molar refractivity (Wildman–Crippen MR) is 110 cm³/mol. The highest BCUT2D eigenvalue weighted by atomic mass is 32.1. The number of nitrogens with one attached hydrogen (secondary N) is 2. The first kappa shape index (κ1) is 18.0. The molecule has 4 heterocycles. The van der Waals surface area contributed by atoms with E-state index in [0.717, 1.165) is 35.1 Å². The van der Waals surface area contributed by atoms with E-state index in [1.807, 2.05) is 28.8 Å². The number of carbonyl (C=O) groups is 1. The molecule has 5 rings (SSSR count). The number of pyridine rings is 1. The monoisotopic (exact) mass is 408 g/mol. The maximum absolute atomic E-state index is 12.6. The lowest BCUT2D eigenvalue weighted by molar-refractivity contribution is -0.121. The molecule has 0 radical (unpaired) electrons. The Morgan fingerprint density at radius 2 is 2.14 bits per heavy atom. The molecule has 4 aromatic rings. The van der Waals surface area contributed by atoms with Crippen molar-refractivity contribution in [2.24, 2.45) is 0 Å². The summed E-state index contributed by atoms with van der Waals surface area (Å²) in [7, 11) is 0. The minimum absolute atomic E-state index is 0.0836. The zero-order valence-corrected chi connectivity index (χ0v) is 16.6. The van der Waals surface area contributed by atoms with Crippen molar-refractivity contribution in [3.05, 3.63) is 56.8 Å². The van der Waals surface area contributed by atoms with Gasteiger partial charge in [-0.3, -0.25) is 14.0 Å². The van der Waals surface area contributed by atoms with Gasteiger partial charge >= 0.3 is 0 Å². The summed E-state index contributed by atoms with van der Waals surface area (Å²) in [4.78, 5) is 34.4. The van der Waals surface area contributed by atoms with Crippen molar-refractivity contribution >= 4 is 33.1 Å². The quantitative estimate of drug-likeness (QED) is 0.526. The molecule has 8 nitrogen and oxygen atoms in total. The molecule has 0 unspecified atom stereocenters. The van der Waals surface area contributed by atoms with Crippen LogP contribution in [0.25, 0.3) is 15.9 Å². The van der Waals surface area contributed by atoms with Gasteiger partial charge in [0, 0.05) is 23.9 Å². The molecule has 0 fully saturated rings. The number of aromatic amines is 1. The van der Waals surface area contributed by atoms with E-state index in [1.165, 1.54) is 16.9 Å². The highest BCUT2D eigenvalue weighted by Crippen LogP contribution is 2.33. The molecule has 0 aromatic carbocycles. The number of nitrogens with zero attached hydrogens (tertiary/aromatic N) is 4. The number of hydrogen-bond acceptors (Lipinski definition) is 6. The minimum atomic E-state index is -0.120. The highest BCUT2D eigenvalue weighted by molar-refractivity contribution is 7.18. The summed E-state index contributed by atoms with van der Waals surface area (Å²) >= 11 is 1.62. The number of aryl methyl sites for hydroxylation is 3. The summed E-state index contributed by atoms with van der Waals surface area (Å²) in [6.45, 7) is 0.296. The third-order valence-electron chi connectivity index (χ3n) is 5.29. The van der Waals surface area contributed by atoms with Crippen LogP contribution < -0.4 is 10.9 Å². The number of amides is 1. The maximum Gasteiger partial charge on any atom is 0.259 e. The molecule has 1 amide bonds. The van der Waals surface area contributed by atoms with Crippen LogP contribution in [-0.4, -0.2) is 30.5 Å². The second kappa shape index (κ2) is 7.40. The Labute approximate surface area is 170 Å². The molecule has 0 saturated carbocycles. The highest BCUT2D eigenvalue weighted by Gasteiger charge is 2.20. The molecule has 0 saturated heterocycles. The molecule has 1 aliphatic rings. The second-order valence-corrected chi connectivity index (χ2v) is 8.31. The standard InChI is InChI=1S/C20H20N6O2S/c27-17(21-11-16-25-24-15-7-3-4-10-26(15)16)9-8-14-22-19(28)18-12-5-1-2-6-13(12)29-20(18)23-14/h3-4,7,10H,1-2,5-6,8-9,11H2,(H,21,27)(H,22,23,28). The molecular formula is C20H20N6O2S. The largest absolute Gasteiger partial charge is 0.349 e. The van der Waals surface area contributed by atoms with E-state index in [-0.39, 0.29) is 17.9 Å². The fourth-order valence-corrected chi connectivity index (χ4v) is 5.12. The van der Waals surface area contributed by atoms with Crippen molar-refractivity contribution in [3.8, 4) is 0 Å². The first-order valence-corrected chi connectivity index (χ1v) is 10.6. The van der Waals surface area contributed by atoms with Gasteiger partial charge in [0.15, 0.2) is 11.5 Å². The number of thiophene rings is 1. The number of carbonyl (C=O) groups excluding carboxylic acids is 1. The van der Waals surface area contributed by atoms with Crippen molar-refractivity contribution < 1.29 is 4.79 Å². The minimum Gasteiger partial charge on any atom is -0.349 e. The van der Waals surface area contributed by atoms with E-state index in [4.69, 9.17) is 0 Å². The fourth-order valence-electron chi connectivity index (χ4n) is 3.84. The maximum atomic E-state index is 12.6. The average Bonchev–Trinajstić information content (AvgIpc) is 3.32. The molecule has 1 aliphatic carbocycles. The van der Waals surface area contributed by atoms with Crippen molar-refractivity contribution in [1.82, 2.24) is 29.9 Å². The second-order valence-electron chi connectivity index (χ2n) is 7.23. The normalized spacial score (nSPS) is 13.7. The molecule has 148 valence electrons. The van der Waals surface area contributed by atoms with Crippen LogP contribution in [0.3, 0.4) is 0 Å². The topological polar surface area (TPSA) is 105 Å². The third-order valence-corrected chi connectivity index (χ3v) is 6.48. The van der Waals surface area contributed by atoms with Crippen LogP contribution in [0.5, 0.6) is 0 Å². The summed E-state index contributed by atoms with van der Waals surface area (Å²) in [6, 6.07) is 5.64. The fraction of sp³-hybridized carbons (Fsp3) is 0.350. The van der Waals surface area contributed by atoms with Gasteiger partial charge in [0.1, 0.15) is 10.7 Å². The van der Waals surface area contributed by atoms with Gasteiger partial charge in [-0.05, 0) is 43.4 Å². The van der Waals surface area contributed by atoms with Gasteiger partial charge in [0.25, 0.3) is 5.56 Å². The van der Waals surface area contributed by atoms with Crippen molar-refractivity contribution in [3.63, 3.8) is 0 Å². The zero-order chi connectivity index (χ0) is 19.8. The van der Waals surface area contributed by atoms with E-state index >= 15 is 0 Å². The van der Waals surface area contributed by atoms with Crippen molar-refractivity contribution in [2.75, 3.05) is 0 Å². The predicted octanol–water partition coefficient (Wildman–Crippen LogP) is 2.16. The first-order chi connectivity index (χ1) is 14.2. The van der Waals surface area contributed by atoms with Crippen LogP contribution in [0.2, 0.25) is 0 Å². The van der Waals surface area contributed by atoms with E-state index in [1.54, 1.807) is 11.3 Å². The van der Waals surface area contributed by atoms with E-state index in [9.17, 15) is 9.59 Å². The summed E-state index contributed by atoms with van der Waals surface area (Å²) < 4.78 is 1.84. The Bertz CT molecular complexity index is 1270. The van der Waals surface area contributed by atoms with Crippen molar-refractivity contribution in [1.29, 1.82) is 0 Å². The molecule has 4 aromatic heterocycles. The zero-order valence-electron chi connectivity index (χ0n) is 15.8. The van der Waals surface area contributed by atoms with Crippen LogP contribution in [0.4, 0.5) is 0 Å². The molecule has 2 N–H and O–H groups in total. The number of fused-ring (bicyclic) bond motifs is 4. The van der Waals surface area contributed by atoms with Gasteiger partial charge in [-0.1, -0.05) is 6.07 Å². The number of H-pyrrole nitrogens is 1. The van der Waals surface area contributed by atoms with Crippen LogP contribution in [0.1, 0.15) is 41.4 Å². The van der Waals surface area contributed by atoms with Gasteiger partial charge in [-0.2, -0.15) is 0 Å². The van der Waals surface area contributed by atoms with Gasteiger partial charge in [-0.25, -0.2) is 4.98 Å². The lowest BCUT2D eigenvalue weighted by Gasteiger charge is -2.09. The first-order valence-electron chi connectivity index (χ1n) is 9.78. The molecule has 0 bridgehead atoms. The molecule has 29 heavy (non-hydrogen) atoms. The lowest BCUT2D eigenvalue weighted by atomic mass is 9.97. The number of rotatable bonds is 5. The van der Waals surface area contributed by atoms with Crippen LogP contribution >= 0.6 is 11.3 Å². The number of aromatic nitrogens is 5. The SMILES string of the molecule is O=C(CCc1nc2sc3c(c2c(=O)[nH]1)CCCC3)NCc1nnc2ccccn12. The van der Waals surface area contributed by atoms with Gasteiger partial charge < -0.3 is 10.3 Å². The van der Waals surface area contributed by atoms with Gasteiger partial charge in [0.05, 0.1) is 11.9 Å². The Balaban J connectivity index is 1.25. The Morgan fingerprint density at radius 3 is 3.07 bits per heavy atom. The number of hydrogen-bond donors (Lipinski definition) is 2. The van der Waals surface area contributed by atoms with Crippen LogP contribution in [-0.2, 0) is 30.6 Å². The van der Waals surface area contributed by atoms with Gasteiger partial charge in [0.2, 0.25) is 5.91 Å². The van der Waals surface area contributed by atoms with E-state index < -0.39 is 0 Å². The summed E-state index contributed by atoms with van der Waals surface area (Å²) in [5, 5.41) is 11.8. The molecule has 0 spiro atoms. The molecule has 0 aliphatic heterocycles. The Hall–Kier alpha value is -3.07. The van der Waals surface area contributed by atoms with E-state index in [2.05, 4.69) is 25.5 Å². The average molecular weight is 408 g/mol. The van der Waals surface area contributed by atoms with Gasteiger partial charge in [-0.15, -0.1) is 21.5 Å². The Kier molecular flexibility index (Phi) is 4.59.